The lowest BCUT2D eigenvalue weighted by molar-refractivity contribution is -0.139. The molecular weight excluding hydrogens is 362 g/mol. The number of carbonyl (C=O) groups is 2. The molecule has 0 N–H and O–H groups in total. The second-order valence-corrected chi connectivity index (χ2v) is 8.11. The van der Waals surface area contributed by atoms with Gasteiger partial charge in [0.1, 0.15) is 0 Å². The van der Waals surface area contributed by atoms with Gasteiger partial charge in [-0.1, -0.05) is 38.7 Å². The summed E-state index contributed by atoms with van der Waals surface area (Å²) < 4.78 is 10.7. The van der Waals surface area contributed by atoms with Gasteiger partial charge in [0, 0.05) is 6.04 Å². The van der Waals surface area contributed by atoms with Crippen molar-refractivity contribution in [3.8, 4) is 11.5 Å². The third kappa shape index (κ3) is 3.86. The molecule has 0 aromatic heterocycles. The summed E-state index contributed by atoms with van der Waals surface area (Å²) in [5, 5.41) is 0. The molecule has 0 unspecified atom stereocenters. The van der Waals surface area contributed by atoms with Crippen LogP contribution in [-0.4, -0.2) is 42.7 Å². The Kier molecular flexibility index (Phi) is 6.47. The predicted molar refractivity (Wildman–Crippen MR) is 108 cm³/mol. The van der Waals surface area contributed by atoms with Gasteiger partial charge in [0.05, 0.1) is 24.7 Å². The lowest BCUT2D eigenvalue weighted by Gasteiger charge is -2.25. The van der Waals surface area contributed by atoms with E-state index in [1.165, 1.54) is 29.5 Å². The summed E-state index contributed by atoms with van der Waals surface area (Å²) >= 11 is 1.45. The number of ether oxygens (including phenoxy) is 2. The van der Waals surface area contributed by atoms with Crippen LogP contribution in [-0.2, 0) is 9.59 Å². The maximum absolute atomic E-state index is 13.3. The number of hydrogen-bond acceptors (Lipinski definition) is 5. The number of rotatable bonds is 6. The van der Waals surface area contributed by atoms with E-state index in [1.54, 1.807) is 26.4 Å². The highest BCUT2D eigenvalue weighted by atomic mass is 32.2. The molecule has 1 aromatic carbocycles. The van der Waals surface area contributed by atoms with Crippen molar-refractivity contribution in [2.75, 3.05) is 20.0 Å². The maximum atomic E-state index is 13.3. The molecule has 1 aliphatic heterocycles. The Morgan fingerprint density at radius 3 is 2.26 bits per heavy atom. The highest BCUT2D eigenvalue weighted by Crippen LogP contribution is 2.41. The van der Waals surface area contributed by atoms with Crippen LogP contribution in [0.15, 0.2) is 23.1 Å². The van der Waals surface area contributed by atoms with Gasteiger partial charge in [-0.15, -0.1) is 11.8 Å². The average molecular weight is 390 g/mol. The molecule has 0 spiro atoms. The molecule has 146 valence electrons. The minimum absolute atomic E-state index is 0.0117. The topological polar surface area (TPSA) is 55.8 Å². The summed E-state index contributed by atoms with van der Waals surface area (Å²) in [4.78, 5) is 28.6. The van der Waals surface area contributed by atoms with Crippen molar-refractivity contribution in [2.45, 2.75) is 51.5 Å². The van der Waals surface area contributed by atoms with E-state index in [1.807, 2.05) is 13.0 Å². The first-order chi connectivity index (χ1) is 13.1. The molecular formula is C21H27NO4S. The lowest BCUT2D eigenvalue weighted by Crippen LogP contribution is -2.40. The zero-order valence-corrected chi connectivity index (χ0v) is 17.1. The number of nitrogens with zero attached hydrogens (tertiary/aromatic N) is 1. The summed E-state index contributed by atoms with van der Waals surface area (Å²) in [5.74, 6) is 1.59. The molecule has 5 nitrogen and oxygen atoms in total. The van der Waals surface area contributed by atoms with E-state index in [0.717, 1.165) is 31.4 Å². The van der Waals surface area contributed by atoms with Gasteiger partial charge < -0.3 is 9.47 Å². The van der Waals surface area contributed by atoms with Gasteiger partial charge in [-0.25, -0.2) is 0 Å². The van der Waals surface area contributed by atoms with Gasteiger partial charge in [-0.3, -0.25) is 14.5 Å². The van der Waals surface area contributed by atoms with Crippen LogP contribution < -0.4 is 9.47 Å². The van der Waals surface area contributed by atoms with E-state index in [2.05, 4.69) is 0 Å². The summed E-state index contributed by atoms with van der Waals surface area (Å²) in [6.07, 6.45) is 6.31. The van der Waals surface area contributed by atoms with E-state index < -0.39 is 0 Å². The highest BCUT2D eigenvalue weighted by Gasteiger charge is 2.42. The minimum atomic E-state index is -0.171. The number of benzene rings is 1. The molecule has 6 heteroatoms. The van der Waals surface area contributed by atoms with Crippen LogP contribution in [0.2, 0.25) is 0 Å². The molecule has 1 aliphatic carbocycles. The minimum Gasteiger partial charge on any atom is -0.493 e. The van der Waals surface area contributed by atoms with Gasteiger partial charge in [-0.2, -0.15) is 0 Å². The monoisotopic (exact) mass is 389 g/mol. The van der Waals surface area contributed by atoms with Crippen LogP contribution in [0.3, 0.4) is 0 Å². The summed E-state index contributed by atoms with van der Waals surface area (Å²) in [7, 11) is 3.14. The molecule has 0 atom stereocenters. The molecule has 2 aliphatic rings. The predicted octanol–water partition coefficient (Wildman–Crippen LogP) is 4.26. The molecule has 0 radical (unpaired) electrons. The normalized spacial score (nSPS) is 18.9. The van der Waals surface area contributed by atoms with Gasteiger partial charge >= 0.3 is 0 Å². The van der Waals surface area contributed by atoms with E-state index in [4.69, 9.17) is 9.47 Å². The molecule has 3 rings (SSSR count). The van der Waals surface area contributed by atoms with E-state index in [9.17, 15) is 9.59 Å². The van der Waals surface area contributed by atoms with Crippen molar-refractivity contribution in [2.24, 2.45) is 0 Å². The molecule has 27 heavy (non-hydrogen) atoms. The van der Waals surface area contributed by atoms with Gasteiger partial charge in [0.15, 0.2) is 11.5 Å². The van der Waals surface area contributed by atoms with E-state index in [0.29, 0.717) is 27.5 Å². The number of carbonyl (C=O) groups excluding carboxylic acids is 2. The average Bonchev–Trinajstić information content (AvgIpc) is 2.86. The Morgan fingerprint density at radius 1 is 1.00 bits per heavy atom. The molecule has 1 heterocycles. The number of hydrogen-bond donors (Lipinski definition) is 0. The van der Waals surface area contributed by atoms with Crippen LogP contribution in [0, 0.1) is 0 Å². The third-order valence-corrected chi connectivity index (χ3v) is 6.18. The molecule has 0 saturated heterocycles. The van der Waals surface area contributed by atoms with Crippen LogP contribution in [0.5, 0.6) is 11.5 Å². The molecule has 1 aromatic rings. The van der Waals surface area contributed by atoms with Crippen molar-refractivity contribution in [3.05, 3.63) is 28.7 Å². The highest BCUT2D eigenvalue weighted by molar-refractivity contribution is 8.04. The van der Waals surface area contributed by atoms with Crippen molar-refractivity contribution in [1.29, 1.82) is 0 Å². The summed E-state index contributed by atoms with van der Waals surface area (Å²) in [6.45, 7) is 2.00. The fraction of sp³-hybridized carbons (Fsp3) is 0.524. The quantitative estimate of drug-likeness (QED) is 0.537. The molecule has 1 saturated carbocycles. The van der Waals surface area contributed by atoms with Crippen molar-refractivity contribution < 1.29 is 19.1 Å². The molecule has 1 fully saturated rings. The van der Waals surface area contributed by atoms with Crippen LogP contribution in [0.4, 0.5) is 0 Å². The zero-order valence-electron chi connectivity index (χ0n) is 16.2. The lowest BCUT2D eigenvalue weighted by atomic mass is 10.0. The van der Waals surface area contributed by atoms with E-state index >= 15 is 0 Å². The first kappa shape index (κ1) is 19.8. The smallest absolute Gasteiger partial charge is 0.268 e. The Hall–Kier alpha value is -1.95. The van der Waals surface area contributed by atoms with Crippen LogP contribution in [0.25, 0.3) is 5.57 Å². The van der Waals surface area contributed by atoms with Crippen LogP contribution in [0.1, 0.15) is 51.0 Å². The first-order valence-electron chi connectivity index (χ1n) is 9.59. The zero-order chi connectivity index (χ0) is 19.4. The largest absolute Gasteiger partial charge is 0.493 e. The van der Waals surface area contributed by atoms with Crippen molar-refractivity contribution in [3.63, 3.8) is 0 Å². The summed E-state index contributed by atoms with van der Waals surface area (Å²) in [6, 6.07) is 5.40. The summed E-state index contributed by atoms with van der Waals surface area (Å²) in [5.41, 5.74) is 1.20. The molecule has 0 bridgehead atoms. The van der Waals surface area contributed by atoms with Crippen LogP contribution >= 0.6 is 11.8 Å². The van der Waals surface area contributed by atoms with Gasteiger partial charge in [0.2, 0.25) is 0 Å². The van der Waals surface area contributed by atoms with Crippen molar-refractivity contribution >= 4 is 29.1 Å². The molecule has 2 amide bonds. The SMILES string of the molecule is CCSC1=C(c2ccc(OC)c(OC)c2)C(=O)N(C2CCCCCC2)C1=O. The maximum Gasteiger partial charge on any atom is 0.268 e. The van der Waals surface area contributed by atoms with Crippen molar-refractivity contribution in [1.82, 2.24) is 4.90 Å². The second-order valence-electron chi connectivity index (χ2n) is 6.83. The third-order valence-electron chi connectivity index (χ3n) is 5.22. The Bertz CT molecular complexity index is 751. The van der Waals surface area contributed by atoms with E-state index in [-0.39, 0.29) is 17.9 Å². The standard InChI is InChI=1S/C21H27NO4S/c1-4-27-19-18(14-11-12-16(25-2)17(13-14)26-3)20(23)22(21(19)24)15-9-7-5-6-8-10-15/h11-13,15H,4-10H2,1-3H3. The Labute approximate surface area is 165 Å². The Balaban J connectivity index is 2.00. The van der Waals surface area contributed by atoms with Gasteiger partial charge in [0.25, 0.3) is 11.8 Å². The fourth-order valence-electron chi connectivity index (χ4n) is 3.90. The number of methoxy groups -OCH3 is 2. The first-order valence-corrected chi connectivity index (χ1v) is 10.6. The number of imide groups is 1. The fourth-order valence-corrected chi connectivity index (χ4v) is 4.76. The Morgan fingerprint density at radius 2 is 1.67 bits per heavy atom. The second kappa shape index (κ2) is 8.83. The van der Waals surface area contributed by atoms with Gasteiger partial charge in [-0.05, 0) is 36.3 Å². The number of amides is 2. The number of thioether (sulfide) groups is 1.